The first-order valence-electron chi connectivity index (χ1n) is 12.6. The monoisotopic (exact) mass is 547 g/mol. The molecule has 4 rings (SSSR count). The number of carbonyl (C=O) groups is 1. The zero-order valence-electron chi connectivity index (χ0n) is 22.1. The number of hydrogen-bond acceptors (Lipinski definition) is 8. The molecule has 1 saturated heterocycles. The van der Waals surface area contributed by atoms with Crippen LogP contribution in [-0.4, -0.2) is 67.7 Å². The molecular weight excluding hydrogens is 512 g/mol. The lowest BCUT2D eigenvalue weighted by Gasteiger charge is -2.41. The van der Waals surface area contributed by atoms with E-state index in [1.54, 1.807) is 16.2 Å². The van der Waals surface area contributed by atoms with E-state index in [0.29, 0.717) is 50.4 Å². The second-order valence-electron chi connectivity index (χ2n) is 9.94. The molecule has 0 bridgehead atoms. The fourth-order valence-electron chi connectivity index (χ4n) is 4.62. The molecule has 0 saturated carbocycles. The average Bonchev–Trinajstić information content (AvgIpc) is 3.52. The van der Waals surface area contributed by atoms with E-state index in [9.17, 15) is 4.79 Å². The van der Waals surface area contributed by atoms with E-state index in [2.05, 4.69) is 25.9 Å². The highest BCUT2D eigenvalue weighted by atomic mass is 32.1. The summed E-state index contributed by atoms with van der Waals surface area (Å²) in [5.41, 5.74) is 10.0. The number of hydrazone groups is 1. The molecule has 38 heavy (non-hydrogen) atoms. The summed E-state index contributed by atoms with van der Waals surface area (Å²) < 4.78 is 31.0. The molecule has 1 aromatic heterocycles. The quantitative estimate of drug-likeness (QED) is 0.253. The molecule has 0 spiro atoms. The van der Waals surface area contributed by atoms with Crippen LogP contribution in [0.1, 0.15) is 35.6 Å². The van der Waals surface area contributed by atoms with Gasteiger partial charge in [0.2, 0.25) is 5.91 Å². The van der Waals surface area contributed by atoms with E-state index >= 15 is 8.78 Å². The Morgan fingerprint density at radius 2 is 2.05 bits per heavy atom. The molecule has 2 aliphatic rings. The molecule has 0 radical (unpaired) electrons. The number of carbonyl (C=O) groups excluding carboxylic acids is 1. The maximum Gasteiger partial charge on any atom is 0.216 e. The van der Waals surface area contributed by atoms with Crippen LogP contribution in [0.25, 0.3) is 0 Å². The molecule has 2 aliphatic heterocycles. The molecule has 2 aromatic rings. The van der Waals surface area contributed by atoms with Crippen LogP contribution in [0, 0.1) is 24.5 Å². The first kappa shape index (κ1) is 27.8. The van der Waals surface area contributed by atoms with Crippen molar-refractivity contribution >= 4 is 34.5 Å². The minimum absolute atomic E-state index is 0.0140. The number of oxime groups is 1. The first-order chi connectivity index (χ1) is 18.1. The van der Waals surface area contributed by atoms with Gasteiger partial charge in [-0.15, -0.1) is 11.3 Å². The molecule has 1 amide bonds. The zero-order chi connectivity index (χ0) is 27.4. The fraction of sp³-hybridized carbons (Fsp3) is 0.500. The number of nitrogens with two attached hydrogens (primary N) is 1. The lowest BCUT2D eigenvalue weighted by Crippen LogP contribution is -2.58. The third-order valence-corrected chi connectivity index (χ3v) is 7.82. The van der Waals surface area contributed by atoms with Crippen molar-refractivity contribution in [3.63, 3.8) is 0 Å². The third-order valence-electron chi connectivity index (χ3n) is 6.82. The standard InChI is InChI=1S/C26H35F2N7O2S/c1-15(12-30-17(3)36)24-11-22(33-37-24)18-9-20(27)25(21(28)10-18)35-8-7-34(4)14-23(35)26(29)32-31-13-19-6-5-16(2)38-19/h5-6,9-10,15,23-24,31H,7-8,11-14H2,1-4H3,(H2,29,32)(H,30,36). The van der Waals surface area contributed by atoms with E-state index in [1.807, 2.05) is 33.0 Å². The van der Waals surface area contributed by atoms with Gasteiger partial charge in [0.1, 0.15) is 35.3 Å². The van der Waals surface area contributed by atoms with Crippen LogP contribution in [-0.2, 0) is 16.2 Å². The number of nitrogens with one attached hydrogen (secondary N) is 2. The smallest absolute Gasteiger partial charge is 0.216 e. The second kappa shape index (κ2) is 12.1. The first-order valence-corrected chi connectivity index (χ1v) is 13.5. The van der Waals surface area contributed by atoms with Gasteiger partial charge in [-0.25, -0.2) is 8.78 Å². The van der Waals surface area contributed by atoms with Crippen LogP contribution in [0.5, 0.6) is 0 Å². The maximum absolute atomic E-state index is 15.5. The molecule has 1 aromatic carbocycles. The molecule has 12 heteroatoms. The minimum Gasteiger partial charge on any atom is -0.391 e. The number of rotatable bonds is 9. The van der Waals surface area contributed by atoms with Crippen molar-refractivity contribution in [2.75, 3.05) is 38.1 Å². The van der Waals surface area contributed by atoms with E-state index in [0.717, 1.165) is 4.88 Å². The van der Waals surface area contributed by atoms with Crippen molar-refractivity contribution in [2.24, 2.45) is 21.9 Å². The number of amidine groups is 1. The number of anilines is 1. The second-order valence-corrected chi connectivity index (χ2v) is 11.3. The minimum atomic E-state index is -0.693. The van der Waals surface area contributed by atoms with Crippen molar-refractivity contribution < 1.29 is 18.4 Å². The van der Waals surface area contributed by atoms with Gasteiger partial charge < -0.3 is 31.1 Å². The fourth-order valence-corrected chi connectivity index (χ4v) is 5.44. The van der Waals surface area contributed by atoms with E-state index in [1.165, 1.54) is 23.9 Å². The Labute approximate surface area is 225 Å². The molecule has 4 N–H and O–H groups in total. The van der Waals surface area contributed by atoms with Crippen LogP contribution in [0.2, 0.25) is 0 Å². The number of halogens is 2. The highest BCUT2D eigenvalue weighted by Crippen LogP contribution is 2.31. The Morgan fingerprint density at radius 3 is 2.71 bits per heavy atom. The Hall–Kier alpha value is -3.25. The van der Waals surface area contributed by atoms with Crippen LogP contribution in [0.3, 0.4) is 0 Å². The molecule has 206 valence electrons. The number of benzene rings is 1. The number of thiophene rings is 1. The number of aryl methyl sites for hydroxylation is 1. The normalized spacial score (nSPS) is 21.2. The van der Waals surface area contributed by atoms with Gasteiger partial charge in [-0.2, -0.15) is 5.10 Å². The number of hydrogen-bond donors (Lipinski definition) is 3. The van der Waals surface area contributed by atoms with Gasteiger partial charge in [0, 0.05) is 60.8 Å². The Kier molecular flexibility index (Phi) is 8.83. The van der Waals surface area contributed by atoms with Crippen molar-refractivity contribution in [1.29, 1.82) is 0 Å². The Morgan fingerprint density at radius 1 is 1.32 bits per heavy atom. The maximum atomic E-state index is 15.5. The van der Waals surface area contributed by atoms with Crippen LogP contribution < -0.4 is 21.4 Å². The highest BCUT2D eigenvalue weighted by molar-refractivity contribution is 7.11. The largest absolute Gasteiger partial charge is 0.391 e. The molecule has 9 nitrogen and oxygen atoms in total. The number of nitrogens with zero attached hydrogens (tertiary/aromatic N) is 4. The van der Waals surface area contributed by atoms with Gasteiger partial charge in [-0.05, 0) is 38.2 Å². The topological polar surface area (TPSA) is 108 Å². The summed E-state index contributed by atoms with van der Waals surface area (Å²) in [6.07, 6.45) is 0.108. The molecule has 0 aliphatic carbocycles. The molecule has 3 atom stereocenters. The summed E-state index contributed by atoms with van der Waals surface area (Å²) in [4.78, 5) is 22.7. The lowest BCUT2D eigenvalue weighted by molar-refractivity contribution is -0.119. The van der Waals surface area contributed by atoms with Crippen molar-refractivity contribution in [3.05, 3.63) is 51.2 Å². The van der Waals surface area contributed by atoms with Crippen molar-refractivity contribution in [2.45, 2.75) is 45.9 Å². The highest BCUT2D eigenvalue weighted by Gasteiger charge is 2.34. The zero-order valence-corrected chi connectivity index (χ0v) is 22.9. The molecule has 3 heterocycles. The van der Waals surface area contributed by atoms with E-state index in [4.69, 9.17) is 10.6 Å². The summed E-state index contributed by atoms with van der Waals surface area (Å²) in [6, 6.07) is 6.14. The summed E-state index contributed by atoms with van der Waals surface area (Å²) in [5.74, 6) is -1.27. The van der Waals surface area contributed by atoms with E-state index in [-0.39, 0.29) is 29.5 Å². The van der Waals surface area contributed by atoms with Gasteiger partial charge in [0.25, 0.3) is 0 Å². The predicted molar refractivity (Wildman–Crippen MR) is 146 cm³/mol. The molecule has 3 unspecified atom stereocenters. The Balaban J connectivity index is 1.48. The third kappa shape index (κ3) is 6.60. The molecular formula is C26H35F2N7O2S. The summed E-state index contributed by atoms with van der Waals surface area (Å²) in [7, 11) is 1.94. The summed E-state index contributed by atoms with van der Waals surface area (Å²) in [6.45, 7) is 7.86. The van der Waals surface area contributed by atoms with Gasteiger partial charge in [-0.1, -0.05) is 12.1 Å². The van der Waals surface area contributed by atoms with Gasteiger partial charge in [-0.3, -0.25) is 4.79 Å². The SMILES string of the molecule is CC(=O)NCC(C)C1CC(c2cc(F)c(N3CCN(C)CC3/C(N)=N/NCc3ccc(C)s3)c(F)c2)=NO1. The molecule has 1 fully saturated rings. The van der Waals surface area contributed by atoms with Crippen LogP contribution in [0.15, 0.2) is 34.5 Å². The Bertz CT molecular complexity index is 1190. The number of piperazine rings is 1. The lowest BCUT2D eigenvalue weighted by atomic mass is 9.96. The van der Waals surface area contributed by atoms with Crippen LogP contribution in [0.4, 0.5) is 14.5 Å². The van der Waals surface area contributed by atoms with Gasteiger partial charge >= 0.3 is 0 Å². The summed E-state index contributed by atoms with van der Waals surface area (Å²) >= 11 is 1.67. The average molecular weight is 548 g/mol. The van der Waals surface area contributed by atoms with Crippen LogP contribution >= 0.6 is 11.3 Å². The van der Waals surface area contributed by atoms with Crippen molar-refractivity contribution in [1.82, 2.24) is 15.6 Å². The van der Waals surface area contributed by atoms with Crippen molar-refractivity contribution in [3.8, 4) is 0 Å². The van der Waals surface area contributed by atoms with E-state index < -0.39 is 17.7 Å². The van der Waals surface area contributed by atoms with Gasteiger partial charge in [0.15, 0.2) is 0 Å². The number of likely N-dealkylation sites (N-methyl/N-ethyl adjacent to an activating group) is 1. The predicted octanol–water partition coefficient (Wildman–Crippen LogP) is 2.78. The summed E-state index contributed by atoms with van der Waals surface area (Å²) in [5, 5.41) is 11.2. The van der Waals surface area contributed by atoms with Gasteiger partial charge in [0.05, 0.1) is 12.3 Å². The number of amides is 1.